The van der Waals surface area contributed by atoms with E-state index in [1.807, 2.05) is 0 Å². The van der Waals surface area contributed by atoms with Gasteiger partial charge in [0.1, 0.15) is 0 Å². The molecule has 1 aliphatic rings. The lowest BCUT2D eigenvalue weighted by atomic mass is 10.2. The third-order valence-electron chi connectivity index (χ3n) is 3.68. The van der Waals surface area contributed by atoms with Crippen molar-refractivity contribution in [2.45, 2.75) is 0 Å². The van der Waals surface area contributed by atoms with Gasteiger partial charge in [-0.1, -0.05) is 0 Å². The number of nitrogens with one attached hydrogen (secondary N) is 1. The van der Waals surface area contributed by atoms with Crippen molar-refractivity contribution in [3.05, 3.63) is 39.9 Å². The summed E-state index contributed by atoms with van der Waals surface area (Å²) in [7, 11) is 0. The number of carbonyl (C=O) groups is 1. The number of aliphatic hydroxyl groups is 1. The fourth-order valence-electron chi connectivity index (χ4n) is 2.33. The third-order valence-corrected chi connectivity index (χ3v) is 3.68. The molecule has 1 amide bonds. The Morgan fingerprint density at radius 3 is 2.32 bits per heavy atom. The van der Waals surface area contributed by atoms with Gasteiger partial charge in [0.05, 0.1) is 18.2 Å². The first kappa shape index (κ1) is 16.3. The summed E-state index contributed by atoms with van der Waals surface area (Å²) in [6.45, 7) is 4.70. The topological polar surface area (TPSA) is 99.0 Å². The van der Waals surface area contributed by atoms with Crippen LogP contribution in [0.1, 0.15) is 10.4 Å². The molecule has 22 heavy (non-hydrogen) atoms. The van der Waals surface area contributed by atoms with Gasteiger partial charge in [0.15, 0.2) is 0 Å². The highest BCUT2D eigenvalue weighted by molar-refractivity contribution is 5.94. The average Bonchev–Trinajstić information content (AvgIpc) is 2.54. The van der Waals surface area contributed by atoms with Crippen LogP contribution in [-0.4, -0.2) is 71.7 Å². The molecule has 8 nitrogen and oxygen atoms in total. The Morgan fingerprint density at radius 1 is 1.18 bits per heavy atom. The number of hydrogen-bond acceptors (Lipinski definition) is 6. The predicted octanol–water partition coefficient (Wildman–Crippen LogP) is -0.108. The van der Waals surface area contributed by atoms with Crippen LogP contribution in [0.4, 0.5) is 5.69 Å². The molecule has 1 aliphatic heterocycles. The number of hydrogen-bond donors (Lipinski definition) is 2. The van der Waals surface area contributed by atoms with E-state index in [1.54, 1.807) is 0 Å². The zero-order valence-corrected chi connectivity index (χ0v) is 12.3. The Hall–Kier alpha value is -2.03. The van der Waals surface area contributed by atoms with E-state index in [4.69, 9.17) is 5.11 Å². The van der Waals surface area contributed by atoms with Gasteiger partial charge in [0, 0.05) is 50.4 Å². The van der Waals surface area contributed by atoms with E-state index in [0.717, 1.165) is 26.2 Å². The Balaban J connectivity index is 1.77. The second-order valence-corrected chi connectivity index (χ2v) is 5.15. The fourth-order valence-corrected chi connectivity index (χ4v) is 2.33. The van der Waals surface area contributed by atoms with E-state index >= 15 is 0 Å². The molecule has 120 valence electrons. The Morgan fingerprint density at radius 2 is 1.77 bits per heavy atom. The zero-order valence-electron chi connectivity index (χ0n) is 12.3. The quantitative estimate of drug-likeness (QED) is 0.562. The highest BCUT2D eigenvalue weighted by Crippen LogP contribution is 2.11. The molecular formula is C14H20N4O4. The van der Waals surface area contributed by atoms with Crippen molar-refractivity contribution in [2.24, 2.45) is 0 Å². The molecule has 0 saturated carbocycles. The monoisotopic (exact) mass is 308 g/mol. The first-order valence-corrected chi connectivity index (χ1v) is 7.18. The number of piperazine rings is 1. The second kappa shape index (κ2) is 7.83. The summed E-state index contributed by atoms with van der Waals surface area (Å²) in [6.07, 6.45) is 0. The highest BCUT2D eigenvalue weighted by atomic mass is 16.6. The molecule has 0 unspecified atom stereocenters. The summed E-state index contributed by atoms with van der Waals surface area (Å²) in [5.41, 5.74) is 0.376. The third kappa shape index (κ3) is 4.48. The van der Waals surface area contributed by atoms with E-state index in [-0.39, 0.29) is 18.2 Å². The summed E-state index contributed by atoms with van der Waals surface area (Å²) in [5.74, 6) is -0.243. The SMILES string of the molecule is O=C(NCN1CCN(CCO)CC1)c1ccc([N+](=O)[O-])cc1. The van der Waals surface area contributed by atoms with E-state index < -0.39 is 4.92 Å². The molecule has 0 radical (unpaired) electrons. The number of β-amino-alcohol motifs (C(OH)–C–C–N with tert-alkyl or cyclic N) is 1. The number of benzene rings is 1. The van der Waals surface area contributed by atoms with E-state index in [1.165, 1.54) is 24.3 Å². The fraction of sp³-hybridized carbons (Fsp3) is 0.500. The van der Waals surface area contributed by atoms with Crippen LogP contribution in [0.5, 0.6) is 0 Å². The van der Waals surface area contributed by atoms with Crippen LogP contribution in [0.3, 0.4) is 0 Å². The van der Waals surface area contributed by atoms with Gasteiger partial charge >= 0.3 is 0 Å². The molecule has 1 heterocycles. The Bertz CT molecular complexity index is 512. The first-order valence-electron chi connectivity index (χ1n) is 7.18. The summed E-state index contributed by atoms with van der Waals surface area (Å²) in [5, 5.41) is 22.3. The van der Waals surface area contributed by atoms with Crippen molar-refractivity contribution < 1.29 is 14.8 Å². The molecule has 2 N–H and O–H groups in total. The predicted molar refractivity (Wildman–Crippen MR) is 80.5 cm³/mol. The maximum Gasteiger partial charge on any atom is 0.269 e. The Kier molecular flexibility index (Phi) is 5.82. The molecule has 0 atom stereocenters. The number of nitro benzene ring substituents is 1. The molecule has 1 aromatic rings. The molecule has 1 aromatic carbocycles. The average molecular weight is 308 g/mol. The van der Waals surface area contributed by atoms with Gasteiger partial charge in [0.2, 0.25) is 0 Å². The standard InChI is InChI=1S/C14H20N4O4/c19-10-9-16-5-7-17(8-6-16)11-15-14(20)12-1-3-13(4-2-12)18(21)22/h1-4,19H,5-11H2,(H,15,20). The summed E-state index contributed by atoms with van der Waals surface area (Å²) < 4.78 is 0. The Labute approximate surface area is 128 Å². The van der Waals surface area contributed by atoms with Crippen LogP contribution < -0.4 is 5.32 Å². The van der Waals surface area contributed by atoms with Gasteiger partial charge < -0.3 is 10.4 Å². The van der Waals surface area contributed by atoms with Crippen molar-refractivity contribution in [1.29, 1.82) is 0 Å². The van der Waals surface area contributed by atoms with Gasteiger partial charge in [-0.05, 0) is 12.1 Å². The van der Waals surface area contributed by atoms with Crippen molar-refractivity contribution in [3.8, 4) is 0 Å². The van der Waals surface area contributed by atoms with Crippen molar-refractivity contribution in [2.75, 3.05) is 46.0 Å². The van der Waals surface area contributed by atoms with E-state index in [0.29, 0.717) is 18.8 Å². The molecule has 0 aromatic heterocycles. The molecule has 0 aliphatic carbocycles. The van der Waals surface area contributed by atoms with Gasteiger partial charge in [-0.25, -0.2) is 0 Å². The molecule has 0 spiro atoms. The van der Waals surface area contributed by atoms with Crippen LogP contribution in [0.15, 0.2) is 24.3 Å². The largest absolute Gasteiger partial charge is 0.395 e. The first-order chi connectivity index (χ1) is 10.6. The summed E-state index contributed by atoms with van der Waals surface area (Å²) in [4.78, 5) is 26.4. The number of aliphatic hydroxyl groups excluding tert-OH is 1. The smallest absolute Gasteiger partial charge is 0.269 e. The number of amides is 1. The maximum absolute atomic E-state index is 12.0. The van der Waals surface area contributed by atoms with Gasteiger partial charge in [0.25, 0.3) is 11.6 Å². The molecule has 2 rings (SSSR count). The second-order valence-electron chi connectivity index (χ2n) is 5.15. The lowest BCUT2D eigenvalue weighted by Gasteiger charge is -2.34. The van der Waals surface area contributed by atoms with Crippen LogP contribution >= 0.6 is 0 Å². The number of carbonyl (C=O) groups excluding carboxylic acids is 1. The summed E-state index contributed by atoms with van der Waals surface area (Å²) >= 11 is 0. The lowest BCUT2D eigenvalue weighted by Crippen LogP contribution is -2.50. The lowest BCUT2D eigenvalue weighted by molar-refractivity contribution is -0.384. The van der Waals surface area contributed by atoms with Crippen LogP contribution in [0.25, 0.3) is 0 Å². The number of rotatable bonds is 6. The van der Waals surface area contributed by atoms with Crippen LogP contribution in [0.2, 0.25) is 0 Å². The highest BCUT2D eigenvalue weighted by Gasteiger charge is 2.17. The minimum absolute atomic E-state index is 0.0310. The molecular weight excluding hydrogens is 288 g/mol. The normalized spacial score (nSPS) is 16.4. The van der Waals surface area contributed by atoms with E-state index in [2.05, 4.69) is 15.1 Å². The molecule has 0 bridgehead atoms. The molecule has 1 saturated heterocycles. The minimum atomic E-state index is -0.493. The van der Waals surface area contributed by atoms with Crippen LogP contribution in [-0.2, 0) is 0 Å². The van der Waals surface area contributed by atoms with Crippen molar-refractivity contribution in [3.63, 3.8) is 0 Å². The van der Waals surface area contributed by atoms with Crippen molar-refractivity contribution >= 4 is 11.6 Å². The molecule has 1 fully saturated rings. The zero-order chi connectivity index (χ0) is 15.9. The number of non-ortho nitro benzene ring substituents is 1. The number of nitro groups is 1. The van der Waals surface area contributed by atoms with Crippen LogP contribution in [0, 0.1) is 10.1 Å². The van der Waals surface area contributed by atoms with Crippen molar-refractivity contribution in [1.82, 2.24) is 15.1 Å². The molecule has 8 heteroatoms. The van der Waals surface area contributed by atoms with Gasteiger partial charge in [-0.3, -0.25) is 24.7 Å². The van der Waals surface area contributed by atoms with Gasteiger partial charge in [-0.15, -0.1) is 0 Å². The summed E-state index contributed by atoms with van der Waals surface area (Å²) in [6, 6.07) is 5.55. The van der Waals surface area contributed by atoms with Gasteiger partial charge in [-0.2, -0.15) is 0 Å². The number of nitrogens with zero attached hydrogens (tertiary/aromatic N) is 3. The van der Waals surface area contributed by atoms with E-state index in [9.17, 15) is 14.9 Å². The minimum Gasteiger partial charge on any atom is -0.395 e. The maximum atomic E-state index is 12.0.